The number of benzene rings is 7. The van der Waals surface area contributed by atoms with Crippen molar-refractivity contribution in [2.45, 2.75) is 12.3 Å². The largest absolute Gasteiger partial charge is 0.454 e. The summed E-state index contributed by atoms with van der Waals surface area (Å²) in [6.45, 7) is 0. The number of furan rings is 1. The smallest absolute Gasteiger partial charge is 0.162 e. The highest BCUT2D eigenvalue weighted by Crippen LogP contribution is 2.48. The molecule has 4 heteroatoms. The molecule has 0 radical (unpaired) electrons. The van der Waals surface area contributed by atoms with Crippen molar-refractivity contribution in [1.82, 2.24) is 15.0 Å². The Morgan fingerprint density at radius 2 is 1.18 bits per heavy atom. The van der Waals surface area contributed by atoms with E-state index in [0.717, 1.165) is 106 Å². The van der Waals surface area contributed by atoms with Crippen LogP contribution in [0.4, 0.5) is 0 Å². The third-order valence-electron chi connectivity index (χ3n) is 12.8. The normalized spacial score (nSPS) is 15.0. The van der Waals surface area contributed by atoms with Crippen LogP contribution in [0.25, 0.3) is 106 Å². The molecule has 13 rings (SSSR count). The number of para-hydroxylation sites is 2. The lowest BCUT2D eigenvalue weighted by Crippen LogP contribution is -2.18. The van der Waals surface area contributed by atoms with Crippen LogP contribution in [0.2, 0.25) is 0 Å². The van der Waals surface area contributed by atoms with Crippen LogP contribution in [-0.4, -0.2) is 15.0 Å². The fraction of sp³-hybridized carbons (Fsp3) is 0.0351. The van der Waals surface area contributed by atoms with E-state index in [4.69, 9.17) is 19.4 Å². The Hall–Kier alpha value is -7.95. The second-order valence-electron chi connectivity index (χ2n) is 16.2. The molecule has 0 aliphatic heterocycles. The molecule has 0 bridgehead atoms. The van der Waals surface area contributed by atoms with Crippen molar-refractivity contribution < 1.29 is 4.42 Å². The Labute approximate surface area is 352 Å². The van der Waals surface area contributed by atoms with Gasteiger partial charge < -0.3 is 4.42 Å². The highest BCUT2D eigenvalue weighted by molar-refractivity contribution is 6.22. The Kier molecular flexibility index (Phi) is 7.40. The summed E-state index contributed by atoms with van der Waals surface area (Å²) in [5.41, 5.74) is 18.5. The summed E-state index contributed by atoms with van der Waals surface area (Å²) in [5, 5.41) is 5.58. The van der Waals surface area contributed by atoms with Crippen molar-refractivity contribution >= 4 is 49.7 Å². The van der Waals surface area contributed by atoms with Crippen molar-refractivity contribution in [2.75, 3.05) is 0 Å². The molecule has 0 fully saturated rings. The fourth-order valence-corrected chi connectivity index (χ4v) is 9.97. The minimum absolute atomic E-state index is 0.262. The molecule has 284 valence electrons. The lowest BCUT2D eigenvalue weighted by atomic mass is 9.70. The summed E-state index contributed by atoms with van der Waals surface area (Å²) in [7, 11) is 0. The summed E-state index contributed by atoms with van der Waals surface area (Å²) in [5.74, 6) is 0.999. The van der Waals surface area contributed by atoms with Gasteiger partial charge in [-0.2, -0.15) is 0 Å². The van der Waals surface area contributed by atoms with Crippen molar-refractivity contribution in [3.05, 3.63) is 216 Å². The Balaban J connectivity index is 0.928. The van der Waals surface area contributed by atoms with Gasteiger partial charge in [0, 0.05) is 44.3 Å². The third-order valence-corrected chi connectivity index (χ3v) is 12.8. The second kappa shape index (κ2) is 13.3. The zero-order valence-electron chi connectivity index (χ0n) is 33.0. The number of rotatable bonds is 5. The van der Waals surface area contributed by atoms with Crippen LogP contribution in [0.5, 0.6) is 0 Å². The van der Waals surface area contributed by atoms with E-state index in [1.54, 1.807) is 0 Å². The van der Waals surface area contributed by atoms with Gasteiger partial charge in [-0.3, -0.25) is 0 Å². The molecule has 4 nitrogen and oxygen atoms in total. The van der Waals surface area contributed by atoms with Crippen LogP contribution in [-0.2, 0) is 6.42 Å². The Morgan fingerprint density at radius 3 is 2.02 bits per heavy atom. The SMILES string of the molecule is C1=CC2=CCc3ccc(-c4nc(-c5ccccc5)cc(-c5ccc(-c6ccc(-c7nc8ccccc8c8c7oc7ccccc78)c7ccccc67)cc5)n4)c4c3C2C(=C1)C=C4. The number of aromatic nitrogens is 3. The van der Waals surface area contributed by atoms with E-state index in [1.165, 1.54) is 27.8 Å². The molecular weight excluding hydrogens is 743 g/mol. The standard InChI is InChI=1S/C57H35N3O/c1-2-11-35(12-3-1)49-33-50(60-57(59-49)45-30-28-39-26-25-37-13-10-14-38-27-29-43(45)53(39)52(37)38)36-23-21-34(22-24-36)40-31-32-44(42-16-5-4-15-41(40)42)55-56-54(46-17-6-8-19-48(46)58-55)47-18-7-9-20-51(47)61-56/h1-25,27-33,52H,26H2. The molecule has 0 amide bonds. The molecule has 0 saturated carbocycles. The highest BCUT2D eigenvalue weighted by atomic mass is 16.3. The van der Waals surface area contributed by atoms with E-state index in [-0.39, 0.29) is 5.92 Å². The van der Waals surface area contributed by atoms with Gasteiger partial charge in [0.15, 0.2) is 11.4 Å². The number of pyridine rings is 1. The molecule has 0 N–H and O–H groups in total. The first-order valence-electron chi connectivity index (χ1n) is 20.9. The lowest BCUT2D eigenvalue weighted by molar-refractivity contribution is 0.669. The quantitative estimate of drug-likeness (QED) is 0.175. The third kappa shape index (κ3) is 5.29. The van der Waals surface area contributed by atoms with Crippen LogP contribution in [0, 0.1) is 0 Å². The van der Waals surface area contributed by atoms with E-state index in [9.17, 15) is 0 Å². The summed E-state index contributed by atoms with van der Waals surface area (Å²) in [6.07, 6.45) is 14.6. The zero-order valence-corrected chi connectivity index (χ0v) is 33.0. The van der Waals surface area contributed by atoms with Gasteiger partial charge in [0.1, 0.15) is 11.3 Å². The van der Waals surface area contributed by atoms with Crippen molar-refractivity contribution in [1.29, 1.82) is 0 Å². The van der Waals surface area contributed by atoms with Crippen LogP contribution < -0.4 is 0 Å². The molecule has 1 atom stereocenters. The molecule has 61 heavy (non-hydrogen) atoms. The first-order valence-corrected chi connectivity index (χ1v) is 20.9. The lowest BCUT2D eigenvalue weighted by Gasteiger charge is -2.33. The first-order chi connectivity index (χ1) is 30.2. The van der Waals surface area contributed by atoms with Gasteiger partial charge in [-0.05, 0) is 74.4 Å². The molecule has 0 spiro atoms. The maximum absolute atomic E-state index is 6.62. The predicted octanol–water partition coefficient (Wildman–Crippen LogP) is 14.5. The number of allylic oxidation sites excluding steroid dienone is 7. The molecule has 1 unspecified atom stereocenters. The summed E-state index contributed by atoms with van der Waals surface area (Å²) >= 11 is 0. The van der Waals surface area contributed by atoms with E-state index < -0.39 is 0 Å². The van der Waals surface area contributed by atoms with Crippen molar-refractivity contribution in [2.24, 2.45) is 0 Å². The maximum Gasteiger partial charge on any atom is 0.162 e. The summed E-state index contributed by atoms with van der Waals surface area (Å²) < 4.78 is 6.62. The maximum atomic E-state index is 6.62. The van der Waals surface area contributed by atoms with Gasteiger partial charge in [-0.15, -0.1) is 0 Å². The van der Waals surface area contributed by atoms with Crippen LogP contribution in [0.1, 0.15) is 22.6 Å². The average Bonchev–Trinajstić information content (AvgIpc) is 3.73. The number of hydrogen-bond donors (Lipinski definition) is 0. The zero-order chi connectivity index (χ0) is 40.0. The van der Waals surface area contributed by atoms with Crippen molar-refractivity contribution in [3.8, 4) is 56.3 Å². The molecular formula is C57H35N3O. The molecule has 3 heterocycles. The molecule has 3 aromatic heterocycles. The van der Waals surface area contributed by atoms with Crippen molar-refractivity contribution in [3.63, 3.8) is 0 Å². The summed E-state index contributed by atoms with van der Waals surface area (Å²) in [4.78, 5) is 15.9. The van der Waals surface area contributed by atoms with Crippen LogP contribution >= 0.6 is 0 Å². The molecule has 10 aromatic rings. The Bertz CT molecular complexity index is 3610. The highest BCUT2D eigenvalue weighted by Gasteiger charge is 2.32. The van der Waals surface area contributed by atoms with Gasteiger partial charge in [-0.1, -0.05) is 176 Å². The predicted molar refractivity (Wildman–Crippen MR) is 250 cm³/mol. The van der Waals surface area contributed by atoms with Gasteiger partial charge in [0.25, 0.3) is 0 Å². The van der Waals surface area contributed by atoms with E-state index in [0.29, 0.717) is 0 Å². The monoisotopic (exact) mass is 777 g/mol. The van der Waals surface area contributed by atoms with Gasteiger partial charge in [0.05, 0.1) is 16.9 Å². The van der Waals surface area contributed by atoms with Gasteiger partial charge in [-0.25, -0.2) is 15.0 Å². The number of nitrogens with zero attached hydrogens (tertiary/aromatic N) is 3. The van der Waals surface area contributed by atoms with Crippen LogP contribution in [0.3, 0.4) is 0 Å². The fourth-order valence-electron chi connectivity index (χ4n) is 9.97. The molecule has 3 aliphatic rings. The first kappa shape index (κ1) is 34.0. The molecule has 7 aromatic carbocycles. The van der Waals surface area contributed by atoms with Gasteiger partial charge >= 0.3 is 0 Å². The van der Waals surface area contributed by atoms with E-state index in [1.807, 2.05) is 18.2 Å². The second-order valence-corrected chi connectivity index (χ2v) is 16.2. The minimum atomic E-state index is 0.262. The Morgan fingerprint density at radius 1 is 0.508 bits per heavy atom. The molecule has 3 aliphatic carbocycles. The van der Waals surface area contributed by atoms with Gasteiger partial charge in [0.2, 0.25) is 0 Å². The summed E-state index contributed by atoms with van der Waals surface area (Å²) in [6, 6.07) is 55.6. The molecule has 0 saturated heterocycles. The van der Waals surface area contributed by atoms with Crippen LogP contribution in [0.15, 0.2) is 204 Å². The topological polar surface area (TPSA) is 51.8 Å². The minimum Gasteiger partial charge on any atom is -0.454 e. The average molecular weight is 778 g/mol. The number of fused-ring (bicyclic) bond motifs is 6. The number of hydrogen-bond acceptors (Lipinski definition) is 4. The van der Waals surface area contributed by atoms with E-state index >= 15 is 0 Å². The van der Waals surface area contributed by atoms with E-state index in [2.05, 4.69) is 176 Å².